The molecule has 1 aromatic rings. The third kappa shape index (κ3) is 3.24. The summed E-state index contributed by atoms with van der Waals surface area (Å²) in [6.07, 6.45) is 0. The summed E-state index contributed by atoms with van der Waals surface area (Å²) in [5.74, 6) is 0.699. The van der Waals surface area contributed by atoms with Gasteiger partial charge >= 0.3 is 0 Å². The van der Waals surface area contributed by atoms with Gasteiger partial charge in [-0.05, 0) is 25.1 Å². The van der Waals surface area contributed by atoms with Crippen LogP contribution in [0, 0.1) is 5.92 Å². The van der Waals surface area contributed by atoms with E-state index in [9.17, 15) is 4.79 Å². The lowest BCUT2D eigenvalue weighted by Gasteiger charge is -2.08. The molecule has 0 fully saturated rings. The highest BCUT2D eigenvalue weighted by atomic mass is 35.5. The van der Waals surface area contributed by atoms with Crippen LogP contribution in [-0.4, -0.2) is 12.4 Å². The second-order valence-electron chi connectivity index (χ2n) is 3.63. The standard InChI is InChI=1S/C12H15ClO2/c1-4-15-11-6-9(5-10(13)7-11)12(14)8(2)3/h5-8H,4H2,1-3H3. The lowest BCUT2D eigenvalue weighted by Crippen LogP contribution is -2.07. The largest absolute Gasteiger partial charge is 0.494 e. The van der Waals surface area contributed by atoms with Gasteiger partial charge in [-0.15, -0.1) is 0 Å². The van der Waals surface area contributed by atoms with E-state index in [1.54, 1.807) is 18.2 Å². The molecule has 3 heteroatoms. The van der Waals surface area contributed by atoms with E-state index >= 15 is 0 Å². The average molecular weight is 227 g/mol. The van der Waals surface area contributed by atoms with E-state index in [4.69, 9.17) is 16.3 Å². The van der Waals surface area contributed by atoms with E-state index in [0.717, 1.165) is 0 Å². The fourth-order valence-corrected chi connectivity index (χ4v) is 1.51. The smallest absolute Gasteiger partial charge is 0.165 e. The number of hydrogen-bond donors (Lipinski definition) is 0. The van der Waals surface area contributed by atoms with E-state index in [0.29, 0.717) is 22.9 Å². The van der Waals surface area contributed by atoms with Crippen LogP contribution in [0.3, 0.4) is 0 Å². The molecule has 2 nitrogen and oxygen atoms in total. The average Bonchev–Trinajstić information content (AvgIpc) is 2.16. The van der Waals surface area contributed by atoms with Gasteiger partial charge in [-0.1, -0.05) is 25.4 Å². The van der Waals surface area contributed by atoms with Crippen LogP contribution < -0.4 is 4.74 Å². The van der Waals surface area contributed by atoms with Crippen molar-refractivity contribution in [3.8, 4) is 5.75 Å². The molecule has 0 spiro atoms. The van der Waals surface area contributed by atoms with Crippen LogP contribution in [0.5, 0.6) is 5.75 Å². The fourth-order valence-electron chi connectivity index (χ4n) is 1.29. The number of carbonyl (C=O) groups excluding carboxylic acids is 1. The summed E-state index contributed by atoms with van der Waals surface area (Å²) in [6.45, 7) is 6.19. The zero-order valence-electron chi connectivity index (χ0n) is 9.21. The van der Waals surface area contributed by atoms with Crippen molar-refractivity contribution in [3.05, 3.63) is 28.8 Å². The van der Waals surface area contributed by atoms with Crippen LogP contribution in [-0.2, 0) is 0 Å². The molecule has 0 aliphatic heterocycles. The van der Waals surface area contributed by atoms with Gasteiger partial charge in [0.15, 0.2) is 5.78 Å². The van der Waals surface area contributed by atoms with Crippen molar-refractivity contribution in [3.63, 3.8) is 0 Å². The van der Waals surface area contributed by atoms with Crippen molar-refractivity contribution in [1.82, 2.24) is 0 Å². The van der Waals surface area contributed by atoms with Crippen LogP contribution in [0.2, 0.25) is 5.02 Å². The van der Waals surface area contributed by atoms with E-state index in [1.807, 2.05) is 20.8 Å². The minimum atomic E-state index is -0.0297. The molecular formula is C12H15ClO2. The third-order valence-corrected chi connectivity index (χ3v) is 2.21. The van der Waals surface area contributed by atoms with Crippen LogP contribution >= 0.6 is 11.6 Å². The molecule has 82 valence electrons. The minimum Gasteiger partial charge on any atom is -0.494 e. The quantitative estimate of drug-likeness (QED) is 0.734. The third-order valence-electron chi connectivity index (χ3n) is 1.99. The van der Waals surface area contributed by atoms with Gasteiger partial charge in [0.25, 0.3) is 0 Å². The first-order valence-electron chi connectivity index (χ1n) is 5.02. The molecule has 0 unspecified atom stereocenters. The van der Waals surface area contributed by atoms with Crippen LogP contribution in [0.4, 0.5) is 0 Å². The SMILES string of the molecule is CCOc1cc(Cl)cc(C(=O)C(C)C)c1. The Morgan fingerprint density at radius 3 is 2.60 bits per heavy atom. The Morgan fingerprint density at radius 1 is 1.40 bits per heavy atom. The summed E-state index contributed by atoms with van der Waals surface area (Å²) < 4.78 is 5.32. The monoisotopic (exact) mass is 226 g/mol. The number of halogens is 1. The van der Waals surface area contributed by atoms with Gasteiger partial charge < -0.3 is 4.74 Å². The number of carbonyl (C=O) groups is 1. The predicted molar refractivity (Wildman–Crippen MR) is 61.8 cm³/mol. The number of ketones is 1. The van der Waals surface area contributed by atoms with Crippen molar-refractivity contribution in [2.45, 2.75) is 20.8 Å². The summed E-state index contributed by atoms with van der Waals surface area (Å²) >= 11 is 5.90. The summed E-state index contributed by atoms with van der Waals surface area (Å²) in [4.78, 5) is 11.7. The van der Waals surface area contributed by atoms with Gasteiger partial charge in [-0.2, -0.15) is 0 Å². The van der Waals surface area contributed by atoms with Gasteiger partial charge in [0.05, 0.1) is 6.61 Å². The second kappa shape index (κ2) is 5.17. The van der Waals surface area contributed by atoms with Gasteiger partial charge in [0, 0.05) is 16.5 Å². The van der Waals surface area contributed by atoms with Crippen LogP contribution in [0.25, 0.3) is 0 Å². The first kappa shape index (κ1) is 12.1. The molecule has 0 atom stereocenters. The van der Waals surface area contributed by atoms with Crippen molar-refractivity contribution in [2.75, 3.05) is 6.61 Å². The molecule has 1 rings (SSSR count). The Labute approximate surface area is 95.2 Å². The summed E-state index contributed by atoms with van der Waals surface area (Å²) in [5, 5.41) is 0.532. The zero-order chi connectivity index (χ0) is 11.4. The number of Topliss-reactive ketones (excluding diaryl/α,β-unsaturated/α-hetero) is 1. The molecule has 0 saturated heterocycles. The molecule has 0 aliphatic rings. The number of benzene rings is 1. The summed E-state index contributed by atoms with van der Waals surface area (Å²) in [5.41, 5.74) is 0.612. The van der Waals surface area contributed by atoms with E-state index in [-0.39, 0.29) is 11.7 Å². The van der Waals surface area contributed by atoms with E-state index in [1.165, 1.54) is 0 Å². The lowest BCUT2D eigenvalue weighted by atomic mass is 10.0. The molecular weight excluding hydrogens is 212 g/mol. The molecule has 0 saturated carbocycles. The molecule has 0 bridgehead atoms. The second-order valence-corrected chi connectivity index (χ2v) is 4.06. The Bertz CT molecular complexity index is 359. The van der Waals surface area contributed by atoms with Crippen molar-refractivity contribution in [1.29, 1.82) is 0 Å². The molecule has 0 aromatic heterocycles. The van der Waals surface area contributed by atoms with Crippen LogP contribution in [0.15, 0.2) is 18.2 Å². The Balaban J connectivity index is 3.03. The van der Waals surface area contributed by atoms with Gasteiger partial charge in [0.2, 0.25) is 0 Å². The molecule has 0 N–H and O–H groups in total. The maximum Gasteiger partial charge on any atom is 0.165 e. The molecule has 0 radical (unpaired) electrons. The Morgan fingerprint density at radius 2 is 2.07 bits per heavy atom. The number of ether oxygens (including phenoxy) is 1. The highest BCUT2D eigenvalue weighted by Crippen LogP contribution is 2.22. The Kier molecular flexibility index (Phi) is 4.15. The number of hydrogen-bond acceptors (Lipinski definition) is 2. The first-order chi connectivity index (χ1) is 7.04. The maximum absolute atomic E-state index is 11.7. The lowest BCUT2D eigenvalue weighted by molar-refractivity contribution is 0.0939. The van der Waals surface area contributed by atoms with Crippen molar-refractivity contribution >= 4 is 17.4 Å². The van der Waals surface area contributed by atoms with Gasteiger partial charge in [-0.3, -0.25) is 4.79 Å². The highest BCUT2D eigenvalue weighted by Gasteiger charge is 2.12. The van der Waals surface area contributed by atoms with Gasteiger partial charge in [-0.25, -0.2) is 0 Å². The Hall–Kier alpha value is -1.02. The molecule has 0 aliphatic carbocycles. The summed E-state index contributed by atoms with van der Waals surface area (Å²) in [7, 11) is 0. The van der Waals surface area contributed by atoms with Gasteiger partial charge in [0.1, 0.15) is 5.75 Å². The van der Waals surface area contributed by atoms with Crippen molar-refractivity contribution < 1.29 is 9.53 Å². The minimum absolute atomic E-state index is 0.0297. The topological polar surface area (TPSA) is 26.3 Å². The highest BCUT2D eigenvalue weighted by molar-refractivity contribution is 6.31. The van der Waals surface area contributed by atoms with E-state index < -0.39 is 0 Å². The molecule has 0 heterocycles. The molecule has 0 amide bonds. The van der Waals surface area contributed by atoms with Crippen molar-refractivity contribution in [2.24, 2.45) is 5.92 Å². The summed E-state index contributed by atoms with van der Waals surface area (Å²) in [6, 6.07) is 5.12. The van der Waals surface area contributed by atoms with E-state index in [2.05, 4.69) is 0 Å². The maximum atomic E-state index is 11.7. The fraction of sp³-hybridized carbons (Fsp3) is 0.417. The molecule has 15 heavy (non-hydrogen) atoms. The first-order valence-corrected chi connectivity index (χ1v) is 5.40. The zero-order valence-corrected chi connectivity index (χ0v) is 9.97. The normalized spacial score (nSPS) is 10.5. The molecule has 1 aromatic carbocycles. The predicted octanol–water partition coefficient (Wildman–Crippen LogP) is 3.58. The van der Waals surface area contributed by atoms with Crippen LogP contribution in [0.1, 0.15) is 31.1 Å². The number of rotatable bonds is 4.